The molecule has 14 nitrogen and oxygen atoms in total. The third kappa shape index (κ3) is 9.04. The average molecular weight is 614 g/mol. The molecule has 1 aromatic heterocycles. The number of carboxylic acid groups (broad SMARTS) is 1. The minimum Gasteiger partial charge on any atom is -0.480 e. The molecule has 0 saturated carbocycles. The second-order valence-corrected chi connectivity index (χ2v) is 11.2. The molecule has 1 aliphatic rings. The van der Waals surface area contributed by atoms with Crippen molar-refractivity contribution in [1.82, 2.24) is 20.9 Å². The molecule has 240 valence electrons. The summed E-state index contributed by atoms with van der Waals surface area (Å²) < 4.78 is 5.93. The van der Waals surface area contributed by atoms with E-state index in [1.54, 1.807) is 4.90 Å². The Morgan fingerprint density at radius 1 is 1.09 bits per heavy atom. The average Bonchev–Trinajstić information content (AvgIpc) is 3.56. The largest absolute Gasteiger partial charge is 0.480 e. The van der Waals surface area contributed by atoms with Gasteiger partial charge in [0.15, 0.2) is 5.96 Å². The molecule has 0 bridgehead atoms. The van der Waals surface area contributed by atoms with E-state index >= 15 is 0 Å². The minimum absolute atomic E-state index is 0.00349. The summed E-state index contributed by atoms with van der Waals surface area (Å²) in [6, 6.07) is 2.37. The number of hydrogen-bond acceptors (Lipinski definition) is 8. The number of fused-ring (bicyclic) bond motifs is 1. The Morgan fingerprint density at radius 3 is 2.43 bits per heavy atom. The van der Waals surface area contributed by atoms with Crippen LogP contribution in [0.4, 0.5) is 0 Å². The van der Waals surface area contributed by atoms with E-state index in [0.29, 0.717) is 37.3 Å². The van der Waals surface area contributed by atoms with Crippen LogP contribution in [0, 0.1) is 19.3 Å². The summed E-state index contributed by atoms with van der Waals surface area (Å²) in [5.41, 5.74) is 14.6. The number of aliphatic hydroxyl groups excluding tert-OH is 1. The normalized spacial score (nSPS) is 15.7. The topological polar surface area (TPSA) is 237 Å². The fourth-order valence-corrected chi connectivity index (χ4v) is 4.93. The van der Waals surface area contributed by atoms with Gasteiger partial charge in [-0.05, 0) is 51.2 Å². The summed E-state index contributed by atoms with van der Waals surface area (Å²) in [4.78, 5) is 51.5. The molecule has 3 rings (SSSR count). The van der Waals surface area contributed by atoms with E-state index in [1.165, 1.54) is 6.92 Å². The number of carbonyl (C=O) groups excluding carboxylic acids is 3. The summed E-state index contributed by atoms with van der Waals surface area (Å²) >= 11 is 0. The molecule has 10 N–H and O–H groups in total. The first-order valence-corrected chi connectivity index (χ1v) is 14.6. The zero-order valence-electron chi connectivity index (χ0n) is 25.3. The molecule has 0 saturated heterocycles. The smallest absolute Gasteiger partial charge is 0.326 e. The first-order chi connectivity index (χ1) is 20.8. The summed E-state index contributed by atoms with van der Waals surface area (Å²) in [5, 5.41) is 35.8. The minimum atomic E-state index is -1.22. The Balaban J connectivity index is 1.49. The Hall–Kier alpha value is -4.43. The zero-order valence-corrected chi connectivity index (χ0v) is 25.3. The highest BCUT2D eigenvalue weighted by Crippen LogP contribution is 2.28. The lowest BCUT2D eigenvalue weighted by atomic mass is 10.0. The summed E-state index contributed by atoms with van der Waals surface area (Å²) in [6.45, 7) is 6.12. The molecule has 4 atom stereocenters. The number of amides is 3. The quantitative estimate of drug-likeness (QED) is 0.0586. The number of carboxylic acids is 1. The number of aliphatic hydroxyl groups is 1. The maximum absolute atomic E-state index is 13.0. The van der Waals surface area contributed by atoms with E-state index in [4.69, 9.17) is 21.3 Å². The number of unbranched alkanes of at least 4 members (excludes halogenated alkanes) is 1. The van der Waals surface area contributed by atoms with Gasteiger partial charge in [0.25, 0.3) is 0 Å². The summed E-state index contributed by atoms with van der Waals surface area (Å²) in [7, 11) is 0. The molecule has 1 aromatic carbocycles. The summed E-state index contributed by atoms with van der Waals surface area (Å²) in [6.07, 6.45) is 1.74. The molecule has 44 heavy (non-hydrogen) atoms. The number of benzene rings is 1. The van der Waals surface area contributed by atoms with Gasteiger partial charge in [0.05, 0.1) is 6.10 Å². The second kappa shape index (κ2) is 15.3. The number of nitrogens with zero attached hydrogens (tertiary/aromatic N) is 1. The number of guanidine groups is 1. The van der Waals surface area contributed by atoms with Crippen LogP contribution >= 0.6 is 0 Å². The van der Waals surface area contributed by atoms with Gasteiger partial charge in [-0.15, -0.1) is 0 Å². The predicted octanol–water partition coefficient (Wildman–Crippen LogP) is 0.167. The van der Waals surface area contributed by atoms with Gasteiger partial charge in [-0.2, -0.15) is 0 Å². The molecular formula is C30H43N7O7. The van der Waals surface area contributed by atoms with Crippen LogP contribution in [-0.2, 0) is 25.6 Å². The van der Waals surface area contributed by atoms with E-state index in [0.717, 1.165) is 22.1 Å². The van der Waals surface area contributed by atoms with Crippen molar-refractivity contribution in [2.24, 2.45) is 11.5 Å². The number of nitrogens with two attached hydrogens (primary N) is 2. The predicted molar refractivity (Wildman–Crippen MR) is 164 cm³/mol. The van der Waals surface area contributed by atoms with Gasteiger partial charge in [0, 0.05) is 37.9 Å². The zero-order chi connectivity index (χ0) is 32.6. The van der Waals surface area contributed by atoms with Gasteiger partial charge < -0.3 is 46.9 Å². The van der Waals surface area contributed by atoms with E-state index < -0.39 is 47.9 Å². The van der Waals surface area contributed by atoms with Gasteiger partial charge in [0.2, 0.25) is 17.7 Å². The first-order valence-electron chi connectivity index (χ1n) is 14.6. The van der Waals surface area contributed by atoms with Crippen molar-refractivity contribution in [3.8, 4) is 0 Å². The molecule has 1 aliphatic heterocycles. The van der Waals surface area contributed by atoms with Crippen molar-refractivity contribution in [3.05, 3.63) is 46.7 Å². The second-order valence-electron chi connectivity index (χ2n) is 11.2. The van der Waals surface area contributed by atoms with Crippen molar-refractivity contribution in [2.75, 3.05) is 19.6 Å². The number of hydrogen-bond donors (Lipinski definition) is 8. The third-order valence-corrected chi connectivity index (χ3v) is 7.67. The Bertz CT molecular complexity index is 1420. The van der Waals surface area contributed by atoms with Crippen molar-refractivity contribution in [3.63, 3.8) is 0 Å². The number of carbonyl (C=O) groups is 4. The Morgan fingerprint density at radius 2 is 1.82 bits per heavy atom. The number of para-hydroxylation sites is 1. The van der Waals surface area contributed by atoms with Crippen LogP contribution in [0.15, 0.2) is 34.3 Å². The van der Waals surface area contributed by atoms with Crippen molar-refractivity contribution in [1.29, 1.82) is 5.41 Å². The fraction of sp³-hybridized carbons (Fsp3) is 0.500. The van der Waals surface area contributed by atoms with Gasteiger partial charge >= 0.3 is 5.97 Å². The molecule has 3 amide bonds. The van der Waals surface area contributed by atoms with Crippen molar-refractivity contribution >= 4 is 40.6 Å². The lowest BCUT2D eigenvalue weighted by Crippen LogP contribution is -2.54. The molecule has 0 aliphatic carbocycles. The van der Waals surface area contributed by atoms with Crippen molar-refractivity contribution in [2.45, 2.75) is 77.1 Å². The van der Waals surface area contributed by atoms with Crippen LogP contribution in [0.3, 0.4) is 0 Å². The molecule has 0 radical (unpaired) electrons. The fourth-order valence-electron chi connectivity index (χ4n) is 4.93. The standard InChI is InChI=1S/C30H43N7O7/c1-16-7-6-8-20-17(2)23(44-26(16)20)14-22(29(42)43)35-24(39)9-4-5-11-34-27(40)21(36-28(41)25(31)18(3)38)13-19-10-12-37(15-19)30(32)33/h6-8,10,18,21-22,25,38H,4-5,9,11-15,31H2,1-3H3,(H3,32,33)(H,34,40)(H,35,39)(H,36,41)(H,42,43). The maximum atomic E-state index is 13.0. The number of furan rings is 1. The molecule has 0 fully saturated rings. The molecular weight excluding hydrogens is 570 g/mol. The van der Waals surface area contributed by atoms with Crippen LogP contribution < -0.4 is 27.4 Å². The van der Waals surface area contributed by atoms with Gasteiger partial charge in [-0.3, -0.25) is 19.8 Å². The molecule has 4 unspecified atom stereocenters. The highest BCUT2D eigenvalue weighted by atomic mass is 16.4. The van der Waals surface area contributed by atoms with E-state index in [2.05, 4.69) is 16.0 Å². The Kier molecular flexibility index (Phi) is 11.9. The Labute approximate surface area is 255 Å². The van der Waals surface area contributed by atoms with Crippen LogP contribution in [0.2, 0.25) is 0 Å². The first kappa shape index (κ1) is 34.1. The van der Waals surface area contributed by atoms with Gasteiger partial charge in [0.1, 0.15) is 29.5 Å². The number of aliphatic carboxylic acids is 1. The lowest BCUT2D eigenvalue weighted by molar-refractivity contribution is -0.141. The number of nitrogens with one attached hydrogen (secondary N) is 4. The lowest BCUT2D eigenvalue weighted by Gasteiger charge is -2.23. The van der Waals surface area contributed by atoms with Crippen LogP contribution in [-0.4, -0.2) is 88.6 Å². The molecule has 0 spiro atoms. The van der Waals surface area contributed by atoms with Gasteiger partial charge in [-0.25, -0.2) is 4.79 Å². The number of aryl methyl sites for hydroxylation is 2. The van der Waals surface area contributed by atoms with Crippen LogP contribution in [0.25, 0.3) is 11.0 Å². The SMILES string of the molecule is Cc1c(CC(NC(=O)CCCCNC(=O)C(CC2=CCN(C(=N)N)C2)NC(=O)C(N)C(C)O)C(=O)O)oc2c(C)cccc12. The molecule has 2 heterocycles. The van der Waals surface area contributed by atoms with Crippen LogP contribution in [0.5, 0.6) is 0 Å². The summed E-state index contributed by atoms with van der Waals surface area (Å²) in [5.74, 6) is -2.35. The van der Waals surface area contributed by atoms with Crippen LogP contribution in [0.1, 0.15) is 49.5 Å². The monoisotopic (exact) mass is 613 g/mol. The maximum Gasteiger partial charge on any atom is 0.326 e. The van der Waals surface area contributed by atoms with Gasteiger partial charge in [-0.1, -0.05) is 29.8 Å². The molecule has 14 heteroatoms. The highest BCUT2D eigenvalue weighted by molar-refractivity contribution is 5.90. The van der Waals surface area contributed by atoms with E-state index in [1.807, 2.05) is 38.1 Å². The van der Waals surface area contributed by atoms with E-state index in [-0.39, 0.29) is 31.8 Å². The van der Waals surface area contributed by atoms with Crippen molar-refractivity contribution < 1.29 is 33.8 Å². The number of rotatable bonds is 15. The van der Waals surface area contributed by atoms with E-state index in [9.17, 15) is 29.4 Å². The highest BCUT2D eigenvalue weighted by Gasteiger charge is 2.28. The third-order valence-electron chi connectivity index (χ3n) is 7.67. The molecule has 2 aromatic rings.